The van der Waals surface area contributed by atoms with Crippen LogP contribution in [0.2, 0.25) is 0 Å². The van der Waals surface area contributed by atoms with E-state index in [-0.39, 0.29) is 148 Å². The van der Waals surface area contributed by atoms with Gasteiger partial charge in [-0.15, -0.1) is 0 Å². The van der Waals surface area contributed by atoms with Crippen molar-refractivity contribution in [3.05, 3.63) is 0 Å². The Morgan fingerprint density at radius 2 is 0.500 bits per heavy atom. The van der Waals surface area contributed by atoms with Gasteiger partial charge in [-0.25, -0.2) is 0 Å². The van der Waals surface area contributed by atoms with Gasteiger partial charge in [0.25, 0.3) is 15.6 Å². The molecule has 4 N–H and O–H groups in total. The van der Waals surface area contributed by atoms with Crippen molar-refractivity contribution in [2.24, 2.45) is 0 Å². The third kappa shape index (κ3) is 409. The van der Waals surface area contributed by atoms with Crippen LogP contribution in [0.3, 0.4) is 0 Å². The Labute approximate surface area is 224 Å². The summed E-state index contributed by atoms with van der Waals surface area (Å²) in [6, 6.07) is 0. The largest absolute Gasteiger partial charge is 1.00 e. The number of rotatable bonds is 0. The minimum Gasteiger partial charge on any atom is -0.822 e. The van der Waals surface area contributed by atoms with Gasteiger partial charge in [-0.05, 0) is 0 Å². The van der Waals surface area contributed by atoms with Crippen LogP contribution in [0.4, 0.5) is 0 Å². The first kappa shape index (κ1) is 49.9. The van der Waals surface area contributed by atoms with Gasteiger partial charge in [-0.1, -0.05) is 0 Å². The Kier molecular flexibility index (Phi) is 60.7. The first-order valence-electron chi connectivity index (χ1n) is 2.26. The normalized spacial score (nSPS) is 8.85. The number of hydrogen-bond acceptors (Lipinski definition) is 8. The zero-order valence-corrected chi connectivity index (χ0v) is 24.1. The van der Waals surface area contributed by atoms with Gasteiger partial charge in [0.05, 0.1) is 0 Å². The molecule has 0 atom stereocenters. The standard InChI is InChI=1S/5Na.3H3O4P/c;;;;;3*1-5(2,3)4/h;;;;;3*(H3,1,2,3,4)/q5*+1;;;/p-5. The molecular weight excluding hydrogens is 400 g/mol. The molecule has 0 rings (SSSR count). The maximum absolute atomic E-state index is 8.77. The molecule has 0 aliphatic rings. The van der Waals surface area contributed by atoms with Crippen LogP contribution in [0.5, 0.6) is 0 Å². The predicted molar refractivity (Wildman–Crippen MR) is 31.7 cm³/mol. The van der Waals surface area contributed by atoms with Gasteiger partial charge >= 0.3 is 148 Å². The van der Waals surface area contributed by atoms with E-state index < -0.39 is 23.5 Å². The van der Waals surface area contributed by atoms with Gasteiger partial charge in [0.1, 0.15) is 0 Å². The molecule has 0 aliphatic heterocycles. The Bertz CT molecular complexity index is 213. The van der Waals surface area contributed by atoms with Gasteiger partial charge < -0.3 is 48.6 Å². The number of hydrogen-bond donors (Lipinski definition) is 4. The molecule has 0 heterocycles. The summed E-state index contributed by atoms with van der Waals surface area (Å²) in [6.07, 6.45) is 0. The molecule has 0 unspecified atom stereocenters. The number of phosphoric acid groups is 3. The maximum atomic E-state index is 8.77. The molecule has 0 spiro atoms. The average molecular weight is 404 g/mol. The summed E-state index contributed by atoms with van der Waals surface area (Å²) in [6.45, 7) is 0. The van der Waals surface area contributed by atoms with E-state index in [1.54, 1.807) is 0 Å². The van der Waals surface area contributed by atoms with E-state index >= 15 is 0 Å². The molecule has 0 saturated heterocycles. The molecule has 0 radical (unpaired) electrons. The molecule has 20 heavy (non-hydrogen) atoms. The second-order valence-electron chi connectivity index (χ2n) is 1.43. The Balaban J connectivity index is -0.0000000160. The summed E-state index contributed by atoms with van der Waals surface area (Å²) in [4.78, 5) is 71.5. The topological polar surface area (TPSA) is 247 Å². The molecular formula is H4Na5O12P3. The van der Waals surface area contributed by atoms with Crippen molar-refractivity contribution in [1.29, 1.82) is 0 Å². The SMILES string of the molecule is O=P([O-])(O)O.O=P([O-])(O)O.O=P([O-])([O-])[O-].[Na+].[Na+].[Na+].[Na+].[Na+]. The van der Waals surface area contributed by atoms with Crippen LogP contribution in [-0.2, 0) is 13.7 Å². The van der Waals surface area contributed by atoms with Crippen molar-refractivity contribution in [3.8, 4) is 0 Å². The smallest absolute Gasteiger partial charge is 0.822 e. The van der Waals surface area contributed by atoms with Crippen LogP contribution in [0.15, 0.2) is 0 Å². The van der Waals surface area contributed by atoms with Gasteiger partial charge in [0.15, 0.2) is 0 Å². The van der Waals surface area contributed by atoms with E-state index in [4.69, 9.17) is 57.7 Å². The molecule has 0 aromatic rings. The summed E-state index contributed by atoms with van der Waals surface area (Å²) in [7, 11) is -15.2. The second-order valence-corrected chi connectivity index (χ2v) is 4.29. The fraction of sp³-hybridized carbons (Fsp3) is 0. The minimum atomic E-state index is -5.39. The molecule has 0 aromatic carbocycles. The summed E-state index contributed by atoms with van der Waals surface area (Å²) in [5.74, 6) is 0. The average Bonchev–Trinajstić information content (AvgIpc) is 1.41. The van der Waals surface area contributed by atoms with Crippen LogP contribution in [-0.4, -0.2) is 19.6 Å². The Morgan fingerprint density at radius 3 is 0.500 bits per heavy atom. The minimum absolute atomic E-state index is 0. The Morgan fingerprint density at radius 1 is 0.500 bits per heavy atom. The van der Waals surface area contributed by atoms with Crippen molar-refractivity contribution < 1.29 is 206 Å². The third-order valence-corrected chi connectivity index (χ3v) is 0. The quantitative estimate of drug-likeness (QED) is 0.217. The summed E-state index contributed by atoms with van der Waals surface area (Å²) >= 11 is 0. The first-order valence-corrected chi connectivity index (χ1v) is 6.78. The molecule has 0 bridgehead atoms. The molecule has 0 fully saturated rings. The Hall–Kier alpha value is 5.33. The van der Waals surface area contributed by atoms with Crippen LogP contribution in [0.25, 0.3) is 0 Å². The van der Waals surface area contributed by atoms with Crippen LogP contribution < -0.4 is 172 Å². The molecule has 12 nitrogen and oxygen atoms in total. The molecule has 0 aromatic heterocycles. The molecule has 0 aliphatic carbocycles. The summed E-state index contributed by atoms with van der Waals surface area (Å²) < 4.78 is 26.1. The fourth-order valence-corrected chi connectivity index (χ4v) is 0. The zero-order valence-electron chi connectivity index (χ0n) is 11.4. The van der Waals surface area contributed by atoms with Crippen LogP contribution in [0.1, 0.15) is 0 Å². The second kappa shape index (κ2) is 24.3. The fourth-order valence-electron chi connectivity index (χ4n) is 0. The monoisotopic (exact) mass is 404 g/mol. The zero-order chi connectivity index (χ0) is 13.5. The van der Waals surface area contributed by atoms with Gasteiger partial charge in [-0.3, -0.25) is 9.13 Å². The molecule has 96 valence electrons. The van der Waals surface area contributed by atoms with E-state index in [1.807, 2.05) is 0 Å². The van der Waals surface area contributed by atoms with Crippen molar-refractivity contribution in [3.63, 3.8) is 0 Å². The molecule has 0 amide bonds. The van der Waals surface area contributed by atoms with E-state index in [0.29, 0.717) is 0 Å². The van der Waals surface area contributed by atoms with Crippen molar-refractivity contribution >= 4 is 23.5 Å². The van der Waals surface area contributed by atoms with Gasteiger partial charge in [0.2, 0.25) is 0 Å². The maximum Gasteiger partial charge on any atom is 1.00 e. The molecule has 20 heteroatoms. The summed E-state index contributed by atoms with van der Waals surface area (Å²) in [5, 5.41) is 0. The summed E-state index contributed by atoms with van der Waals surface area (Å²) in [5.41, 5.74) is 0. The van der Waals surface area contributed by atoms with Crippen molar-refractivity contribution in [2.75, 3.05) is 0 Å². The van der Waals surface area contributed by atoms with E-state index in [1.165, 1.54) is 0 Å². The van der Waals surface area contributed by atoms with E-state index in [2.05, 4.69) is 0 Å². The van der Waals surface area contributed by atoms with Gasteiger partial charge in [-0.2, -0.15) is 7.82 Å². The van der Waals surface area contributed by atoms with Crippen LogP contribution in [0, 0.1) is 0 Å². The first-order chi connectivity index (χ1) is 6.00. The van der Waals surface area contributed by atoms with E-state index in [0.717, 1.165) is 0 Å². The predicted octanol–water partition coefficient (Wildman–Crippen LogP) is -20.9. The van der Waals surface area contributed by atoms with Crippen molar-refractivity contribution in [1.82, 2.24) is 0 Å². The third-order valence-electron chi connectivity index (χ3n) is 0. The van der Waals surface area contributed by atoms with Gasteiger partial charge in [0, 0.05) is 0 Å². The van der Waals surface area contributed by atoms with Crippen molar-refractivity contribution in [2.45, 2.75) is 0 Å². The molecule has 0 saturated carbocycles. The van der Waals surface area contributed by atoms with E-state index in [9.17, 15) is 0 Å². The van der Waals surface area contributed by atoms with Crippen LogP contribution >= 0.6 is 23.5 Å².